The normalized spacial score (nSPS) is 10.6. The van der Waals surface area contributed by atoms with Crippen LogP contribution in [-0.4, -0.2) is 15.9 Å². The lowest BCUT2D eigenvalue weighted by molar-refractivity contribution is 0.103. The maximum Gasteiger partial charge on any atom is 0.267 e. The second-order valence-corrected chi connectivity index (χ2v) is 7.19. The summed E-state index contributed by atoms with van der Waals surface area (Å²) in [5.41, 5.74) is 2.80. The fourth-order valence-electron chi connectivity index (χ4n) is 2.35. The Hall–Kier alpha value is -2.83. The average molecular weight is 363 g/mol. The topological polar surface area (TPSA) is 54.9 Å². The zero-order valence-electron chi connectivity index (χ0n) is 13.0. The molecule has 0 bridgehead atoms. The molecule has 0 unspecified atom stereocenters. The minimum Gasteiger partial charge on any atom is -0.321 e. The third-order valence-corrected chi connectivity index (χ3v) is 5.44. The van der Waals surface area contributed by atoms with Crippen molar-refractivity contribution in [2.75, 3.05) is 5.32 Å². The number of amides is 1. The number of thiazole rings is 2. The van der Waals surface area contributed by atoms with E-state index >= 15 is 0 Å². The third-order valence-electron chi connectivity index (χ3n) is 3.57. The zero-order valence-corrected chi connectivity index (χ0v) is 14.7. The molecule has 2 aromatic heterocycles. The van der Waals surface area contributed by atoms with Crippen molar-refractivity contribution in [3.05, 3.63) is 77.2 Å². The molecule has 6 heteroatoms. The summed E-state index contributed by atoms with van der Waals surface area (Å²) in [5, 5.41) is 6.66. The van der Waals surface area contributed by atoms with Crippen LogP contribution in [0.3, 0.4) is 0 Å². The molecule has 2 heterocycles. The van der Waals surface area contributed by atoms with Crippen molar-refractivity contribution in [2.45, 2.75) is 0 Å². The quantitative estimate of drug-likeness (QED) is 0.543. The van der Waals surface area contributed by atoms with Crippen LogP contribution in [0.1, 0.15) is 9.67 Å². The first-order valence-electron chi connectivity index (χ1n) is 7.62. The Balaban J connectivity index is 1.48. The molecule has 4 rings (SSSR count). The molecule has 0 aliphatic carbocycles. The molecule has 1 amide bonds. The molecule has 0 aliphatic heterocycles. The van der Waals surface area contributed by atoms with E-state index in [9.17, 15) is 4.79 Å². The van der Waals surface area contributed by atoms with Gasteiger partial charge in [0.2, 0.25) is 0 Å². The Bertz CT molecular complexity index is 977. The highest BCUT2D eigenvalue weighted by molar-refractivity contribution is 7.17. The second kappa shape index (κ2) is 6.96. The Morgan fingerprint density at radius 3 is 2.36 bits per heavy atom. The lowest BCUT2D eigenvalue weighted by Crippen LogP contribution is -2.09. The number of hydrogen-bond donors (Lipinski definition) is 1. The molecule has 0 fully saturated rings. The van der Waals surface area contributed by atoms with Gasteiger partial charge in [0.1, 0.15) is 14.9 Å². The molecule has 1 N–H and O–H groups in total. The molecule has 122 valence electrons. The molecular formula is C19H13N3OS2. The van der Waals surface area contributed by atoms with Crippen molar-refractivity contribution in [3.8, 4) is 21.1 Å². The molecule has 0 radical (unpaired) electrons. The van der Waals surface area contributed by atoms with Crippen molar-refractivity contribution in [3.63, 3.8) is 0 Å². The van der Waals surface area contributed by atoms with Gasteiger partial charge in [-0.15, -0.1) is 22.7 Å². The minimum absolute atomic E-state index is 0.151. The summed E-state index contributed by atoms with van der Waals surface area (Å²) in [7, 11) is 0. The van der Waals surface area contributed by atoms with Gasteiger partial charge >= 0.3 is 0 Å². The van der Waals surface area contributed by atoms with E-state index in [-0.39, 0.29) is 5.91 Å². The van der Waals surface area contributed by atoms with Crippen molar-refractivity contribution in [1.29, 1.82) is 0 Å². The van der Waals surface area contributed by atoms with Gasteiger partial charge < -0.3 is 5.32 Å². The molecule has 0 saturated carbocycles. The van der Waals surface area contributed by atoms with Gasteiger partial charge in [-0.3, -0.25) is 4.79 Å². The van der Waals surface area contributed by atoms with Gasteiger partial charge in [-0.25, -0.2) is 9.97 Å². The van der Waals surface area contributed by atoms with Crippen LogP contribution in [0.2, 0.25) is 0 Å². The van der Waals surface area contributed by atoms with Crippen LogP contribution in [0.5, 0.6) is 0 Å². The Morgan fingerprint density at radius 2 is 1.64 bits per heavy atom. The van der Waals surface area contributed by atoms with Crippen molar-refractivity contribution >= 4 is 34.3 Å². The molecular weight excluding hydrogens is 350 g/mol. The van der Waals surface area contributed by atoms with Gasteiger partial charge in [0.25, 0.3) is 5.91 Å². The van der Waals surface area contributed by atoms with Crippen molar-refractivity contribution in [2.24, 2.45) is 0 Å². The monoisotopic (exact) mass is 363 g/mol. The van der Waals surface area contributed by atoms with Crippen molar-refractivity contribution < 1.29 is 4.79 Å². The standard InChI is InChI=1S/C19H13N3OS2/c23-17(16-12-21-19(25-16)13-4-2-1-3-5-13)22-15-8-6-14(7-9-15)18-20-10-11-24-18/h1-12H,(H,22,23). The molecule has 25 heavy (non-hydrogen) atoms. The fraction of sp³-hybridized carbons (Fsp3) is 0. The maximum absolute atomic E-state index is 12.4. The summed E-state index contributed by atoms with van der Waals surface area (Å²) < 4.78 is 0. The number of nitrogens with zero attached hydrogens (tertiary/aromatic N) is 2. The molecule has 0 saturated heterocycles. The van der Waals surface area contributed by atoms with E-state index in [4.69, 9.17) is 0 Å². The van der Waals surface area contributed by atoms with Crippen molar-refractivity contribution in [1.82, 2.24) is 9.97 Å². The first-order valence-corrected chi connectivity index (χ1v) is 9.32. The van der Waals surface area contributed by atoms with E-state index < -0.39 is 0 Å². The number of carbonyl (C=O) groups is 1. The summed E-state index contributed by atoms with van der Waals surface area (Å²) >= 11 is 2.97. The summed E-state index contributed by atoms with van der Waals surface area (Å²) in [6.07, 6.45) is 3.40. The van der Waals surface area contributed by atoms with E-state index in [0.717, 1.165) is 26.8 Å². The first kappa shape index (κ1) is 15.7. The van der Waals surface area contributed by atoms with Gasteiger partial charge in [-0.05, 0) is 24.3 Å². The predicted octanol–water partition coefficient (Wildman–Crippen LogP) is 5.19. The minimum atomic E-state index is -0.151. The van der Waals surface area contributed by atoms with E-state index in [0.29, 0.717) is 4.88 Å². The van der Waals surface area contributed by atoms with E-state index in [1.165, 1.54) is 11.3 Å². The van der Waals surface area contributed by atoms with Gasteiger partial charge in [-0.1, -0.05) is 30.3 Å². The van der Waals surface area contributed by atoms with Crippen LogP contribution in [0.25, 0.3) is 21.1 Å². The number of carbonyl (C=O) groups excluding carboxylic acids is 1. The second-order valence-electron chi connectivity index (χ2n) is 5.26. The van der Waals surface area contributed by atoms with Gasteiger partial charge in [0.15, 0.2) is 0 Å². The van der Waals surface area contributed by atoms with Gasteiger partial charge in [-0.2, -0.15) is 0 Å². The van der Waals surface area contributed by atoms with Gasteiger partial charge in [0.05, 0.1) is 6.20 Å². The number of nitrogens with one attached hydrogen (secondary N) is 1. The van der Waals surface area contributed by atoms with Gasteiger partial charge in [0, 0.05) is 28.4 Å². The molecule has 0 atom stereocenters. The highest BCUT2D eigenvalue weighted by Gasteiger charge is 2.12. The lowest BCUT2D eigenvalue weighted by Gasteiger charge is -2.04. The van der Waals surface area contributed by atoms with E-state index in [2.05, 4.69) is 15.3 Å². The van der Waals surface area contributed by atoms with E-state index in [1.807, 2.05) is 60.0 Å². The molecule has 2 aromatic carbocycles. The summed E-state index contributed by atoms with van der Waals surface area (Å²) in [6.45, 7) is 0. The number of anilines is 1. The molecule has 0 spiro atoms. The highest BCUT2D eigenvalue weighted by Crippen LogP contribution is 2.26. The average Bonchev–Trinajstić information content (AvgIpc) is 3.35. The summed E-state index contributed by atoms with van der Waals surface area (Å²) in [5.74, 6) is -0.151. The predicted molar refractivity (Wildman–Crippen MR) is 103 cm³/mol. The lowest BCUT2D eigenvalue weighted by atomic mass is 10.2. The summed E-state index contributed by atoms with van der Waals surface area (Å²) in [4.78, 5) is 21.6. The van der Waals surface area contributed by atoms with E-state index in [1.54, 1.807) is 23.7 Å². The maximum atomic E-state index is 12.4. The fourth-order valence-corrected chi connectivity index (χ4v) is 3.81. The highest BCUT2D eigenvalue weighted by atomic mass is 32.1. The van der Waals surface area contributed by atoms with Crippen LogP contribution in [0, 0.1) is 0 Å². The van der Waals surface area contributed by atoms with Crippen LogP contribution in [0.15, 0.2) is 72.4 Å². The number of benzene rings is 2. The van der Waals surface area contributed by atoms with Crippen LogP contribution >= 0.6 is 22.7 Å². The first-order chi connectivity index (χ1) is 12.3. The zero-order chi connectivity index (χ0) is 17.1. The summed E-state index contributed by atoms with van der Waals surface area (Å²) in [6, 6.07) is 17.5. The Morgan fingerprint density at radius 1 is 0.880 bits per heavy atom. The number of rotatable bonds is 4. The Kier molecular flexibility index (Phi) is 4.37. The third kappa shape index (κ3) is 3.50. The SMILES string of the molecule is O=C(Nc1ccc(-c2nccs2)cc1)c1cnc(-c2ccccc2)s1. The number of hydrogen-bond acceptors (Lipinski definition) is 5. The number of aromatic nitrogens is 2. The Labute approximate surface area is 152 Å². The van der Waals surface area contributed by atoms with Crippen LogP contribution in [-0.2, 0) is 0 Å². The molecule has 0 aliphatic rings. The van der Waals surface area contributed by atoms with Crippen LogP contribution in [0.4, 0.5) is 5.69 Å². The largest absolute Gasteiger partial charge is 0.321 e. The van der Waals surface area contributed by atoms with Crippen LogP contribution < -0.4 is 5.32 Å². The molecule has 4 nitrogen and oxygen atoms in total. The smallest absolute Gasteiger partial charge is 0.267 e. The molecule has 4 aromatic rings.